The molecule has 1 amide bonds. The Morgan fingerprint density at radius 2 is 2.22 bits per heavy atom. The second-order valence-electron chi connectivity index (χ2n) is 5.35. The molecule has 0 aromatic heterocycles. The van der Waals surface area contributed by atoms with Crippen molar-refractivity contribution in [2.75, 3.05) is 37.8 Å². The molecule has 1 fully saturated rings. The summed E-state index contributed by atoms with van der Waals surface area (Å²) in [5.74, 6) is -0.206. The van der Waals surface area contributed by atoms with E-state index >= 15 is 0 Å². The van der Waals surface area contributed by atoms with Crippen LogP contribution in [0.5, 0.6) is 0 Å². The van der Waals surface area contributed by atoms with E-state index in [0.717, 1.165) is 0 Å². The number of hydrogen-bond donors (Lipinski definition) is 1. The predicted molar refractivity (Wildman–Crippen MR) is 87.3 cm³/mol. The molecule has 0 bridgehead atoms. The van der Waals surface area contributed by atoms with Crippen molar-refractivity contribution in [1.82, 2.24) is 10.2 Å². The summed E-state index contributed by atoms with van der Waals surface area (Å²) < 4.78 is 28.3. The van der Waals surface area contributed by atoms with E-state index in [9.17, 15) is 18.5 Å². The van der Waals surface area contributed by atoms with Crippen molar-refractivity contribution in [2.24, 2.45) is 0 Å². The highest BCUT2D eigenvalue weighted by Crippen LogP contribution is 2.18. The van der Waals surface area contributed by atoms with Gasteiger partial charge in [0.1, 0.15) is 11.6 Å². The van der Waals surface area contributed by atoms with E-state index in [1.54, 1.807) is 4.90 Å². The van der Waals surface area contributed by atoms with Crippen molar-refractivity contribution in [3.05, 3.63) is 11.8 Å². The number of sulfone groups is 1. The molecule has 1 atom stereocenters. The van der Waals surface area contributed by atoms with E-state index in [1.807, 2.05) is 19.9 Å². The van der Waals surface area contributed by atoms with Gasteiger partial charge in [0.2, 0.25) is 0 Å². The van der Waals surface area contributed by atoms with Crippen molar-refractivity contribution in [1.29, 1.82) is 5.26 Å². The Labute approximate surface area is 138 Å². The maximum absolute atomic E-state index is 12.0. The van der Waals surface area contributed by atoms with Gasteiger partial charge in [0.15, 0.2) is 9.84 Å². The first-order valence-electron chi connectivity index (χ1n) is 7.87. The molecule has 7 nitrogen and oxygen atoms in total. The molecule has 0 radical (unpaired) electrons. The first-order chi connectivity index (χ1) is 10.9. The molecule has 1 saturated heterocycles. The van der Waals surface area contributed by atoms with Crippen LogP contribution in [-0.2, 0) is 19.4 Å². The zero-order chi connectivity index (χ0) is 17.3. The molecule has 1 N–H and O–H groups in total. The fourth-order valence-corrected chi connectivity index (χ4v) is 4.15. The van der Waals surface area contributed by atoms with E-state index in [-0.39, 0.29) is 23.1 Å². The highest BCUT2D eigenvalue weighted by molar-refractivity contribution is 7.91. The average Bonchev–Trinajstić information content (AvgIpc) is 2.88. The van der Waals surface area contributed by atoms with Crippen LogP contribution in [0, 0.1) is 11.3 Å². The number of carbonyl (C=O) groups excluding carboxylic acids is 1. The summed E-state index contributed by atoms with van der Waals surface area (Å²) in [7, 11) is -3.00. The number of amides is 1. The van der Waals surface area contributed by atoms with Gasteiger partial charge in [-0.2, -0.15) is 5.26 Å². The van der Waals surface area contributed by atoms with Crippen LogP contribution >= 0.6 is 0 Å². The SMILES string of the molecule is CCOCCCNC(=O)/C(C#N)=C\N(CC)C1CCS(=O)(=O)C1. The van der Waals surface area contributed by atoms with Gasteiger partial charge in [-0.15, -0.1) is 0 Å². The van der Waals surface area contributed by atoms with Gasteiger partial charge in [0.05, 0.1) is 11.5 Å². The molecule has 1 rings (SSSR count). The highest BCUT2D eigenvalue weighted by Gasteiger charge is 2.31. The van der Waals surface area contributed by atoms with Crippen LogP contribution in [0.4, 0.5) is 0 Å². The lowest BCUT2D eigenvalue weighted by molar-refractivity contribution is -0.117. The van der Waals surface area contributed by atoms with Crippen LogP contribution in [0.15, 0.2) is 11.8 Å². The molecular formula is C15H25N3O4S. The minimum Gasteiger partial charge on any atom is -0.382 e. The molecule has 1 aliphatic heterocycles. The van der Waals surface area contributed by atoms with Gasteiger partial charge >= 0.3 is 0 Å². The minimum absolute atomic E-state index is 0.00689. The smallest absolute Gasteiger partial charge is 0.263 e. The van der Waals surface area contributed by atoms with E-state index in [0.29, 0.717) is 39.1 Å². The maximum Gasteiger partial charge on any atom is 0.263 e. The molecule has 1 aliphatic rings. The molecule has 0 spiro atoms. The van der Waals surface area contributed by atoms with Crippen LogP contribution in [0.3, 0.4) is 0 Å². The quantitative estimate of drug-likeness (QED) is 0.371. The standard InChI is InChI=1S/C15H25N3O4S/c1-3-18(14-6-9-23(20,21)12-14)11-13(10-16)15(19)17-7-5-8-22-4-2/h11,14H,3-9,12H2,1-2H3,(H,17,19)/b13-11-. The Morgan fingerprint density at radius 3 is 2.74 bits per heavy atom. The molecule has 1 unspecified atom stereocenters. The van der Waals surface area contributed by atoms with Gasteiger partial charge < -0.3 is 15.0 Å². The summed E-state index contributed by atoms with van der Waals surface area (Å²) >= 11 is 0. The summed E-state index contributed by atoms with van der Waals surface area (Å²) in [5.41, 5.74) is -0.00689. The molecular weight excluding hydrogens is 318 g/mol. The zero-order valence-electron chi connectivity index (χ0n) is 13.7. The topological polar surface area (TPSA) is 99.5 Å². The predicted octanol–water partition coefficient (Wildman–Crippen LogP) is 0.446. The average molecular weight is 343 g/mol. The van der Waals surface area contributed by atoms with Crippen LogP contribution < -0.4 is 5.32 Å². The molecule has 0 aromatic carbocycles. The van der Waals surface area contributed by atoms with Crippen molar-refractivity contribution >= 4 is 15.7 Å². The van der Waals surface area contributed by atoms with Gasteiger partial charge in [-0.3, -0.25) is 4.79 Å². The van der Waals surface area contributed by atoms with Crippen LogP contribution in [-0.4, -0.2) is 63.1 Å². The lowest BCUT2D eigenvalue weighted by atomic mass is 10.2. The first kappa shape index (κ1) is 19.5. The number of nitrogens with zero attached hydrogens (tertiary/aromatic N) is 2. The largest absolute Gasteiger partial charge is 0.382 e. The Balaban J connectivity index is 2.61. The second kappa shape index (κ2) is 9.53. The van der Waals surface area contributed by atoms with Gasteiger partial charge in [-0.1, -0.05) is 0 Å². The number of hydrogen-bond acceptors (Lipinski definition) is 6. The van der Waals surface area contributed by atoms with Crippen molar-refractivity contribution in [3.8, 4) is 6.07 Å². The van der Waals surface area contributed by atoms with Gasteiger partial charge in [-0.05, 0) is 26.7 Å². The lowest BCUT2D eigenvalue weighted by Crippen LogP contribution is -2.34. The third-order valence-corrected chi connectivity index (χ3v) is 5.41. The van der Waals surface area contributed by atoms with Crippen LogP contribution in [0.25, 0.3) is 0 Å². The fraction of sp³-hybridized carbons (Fsp3) is 0.733. The summed E-state index contributed by atoms with van der Waals surface area (Å²) in [6.07, 6.45) is 2.68. The van der Waals surface area contributed by atoms with Crippen LogP contribution in [0.2, 0.25) is 0 Å². The molecule has 8 heteroatoms. The molecule has 130 valence electrons. The summed E-state index contributed by atoms with van der Waals surface area (Å²) in [6, 6.07) is 1.72. The molecule has 1 heterocycles. The first-order valence-corrected chi connectivity index (χ1v) is 9.69. The van der Waals surface area contributed by atoms with Crippen molar-refractivity contribution < 1.29 is 17.9 Å². The Bertz CT molecular complexity index is 566. The molecule has 0 aliphatic carbocycles. The van der Waals surface area contributed by atoms with Gasteiger partial charge in [0.25, 0.3) is 5.91 Å². The molecule has 0 aromatic rings. The Morgan fingerprint density at radius 1 is 1.48 bits per heavy atom. The van der Waals surface area contributed by atoms with E-state index in [2.05, 4.69) is 5.32 Å². The summed E-state index contributed by atoms with van der Waals surface area (Å²) in [5, 5.41) is 11.9. The number of nitriles is 1. The second-order valence-corrected chi connectivity index (χ2v) is 7.58. The fourth-order valence-electron chi connectivity index (χ4n) is 2.41. The lowest BCUT2D eigenvalue weighted by Gasteiger charge is -2.25. The monoisotopic (exact) mass is 343 g/mol. The maximum atomic E-state index is 12.0. The van der Waals surface area contributed by atoms with Crippen molar-refractivity contribution in [3.63, 3.8) is 0 Å². The third kappa shape index (κ3) is 6.59. The van der Waals surface area contributed by atoms with E-state index in [1.165, 1.54) is 6.20 Å². The minimum atomic E-state index is -3.00. The highest BCUT2D eigenvalue weighted by atomic mass is 32.2. The van der Waals surface area contributed by atoms with Crippen molar-refractivity contribution in [2.45, 2.75) is 32.7 Å². The van der Waals surface area contributed by atoms with Gasteiger partial charge in [0, 0.05) is 38.5 Å². The Hall–Kier alpha value is -1.59. The summed E-state index contributed by atoms with van der Waals surface area (Å²) in [4.78, 5) is 13.8. The number of nitrogens with one attached hydrogen (secondary N) is 1. The van der Waals surface area contributed by atoms with E-state index in [4.69, 9.17) is 4.74 Å². The normalized spacial score (nSPS) is 20.0. The Kier molecular flexibility index (Phi) is 8.06. The number of rotatable bonds is 9. The number of carbonyl (C=O) groups is 1. The van der Waals surface area contributed by atoms with Gasteiger partial charge in [-0.25, -0.2) is 8.42 Å². The third-order valence-electron chi connectivity index (χ3n) is 3.66. The van der Waals surface area contributed by atoms with E-state index < -0.39 is 15.7 Å². The molecule has 23 heavy (non-hydrogen) atoms. The summed E-state index contributed by atoms with van der Waals surface area (Å²) in [6.45, 7) is 5.94. The van der Waals surface area contributed by atoms with Crippen LogP contribution in [0.1, 0.15) is 26.7 Å². The zero-order valence-corrected chi connectivity index (χ0v) is 14.6. The number of ether oxygens (including phenoxy) is 1. The molecule has 0 saturated carbocycles.